The number of nitrogens with zero attached hydrogens (tertiary/aromatic N) is 4. The fraction of sp³-hybridized carbons (Fsp3) is 0.667. The molecular weight excluding hydrogens is 262 g/mol. The van der Waals surface area contributed by atoms with E-state index in [1.165, 1.54) is 0 Å². The maximum Gasteiger partial charge on any atom is 0.332 e. The summed E-state index contributed by atoms with van der Waals surface area (Å²) in [5, 5.41) is 24.0. The number of nitro groups is 1. The molecule has 1 aromatic rings. The van der Waals surface area contributed by atoms with Crippen molar-refractivity contribution < 1.29 is 10.0 Å². The first-order valence-corrected chi connectivity index (χ1v) is 6.36. The van der Waals surface area contributed by atoms with E-state index in [9.17, 15) is 15.2 Å². The standard InChI is InChI=1S/C12H21N5O3/c1-6-13-11-14-8(2)9(17(19)20)10(15-11)16(5)7-12(3,4)18/h18H,6-7H2,1-5H3,(H,13,14,15). The lowest BCUT2D eigenvalue weighted by molar-refractivity contribution is -0.385. The van der Waals surface area contributed by atoms with Crippen molar-refractivity contribution in [2.24, 2.45) is 0 Å². The van der Waals surface area contributed by atoms with Gasteiger partial charge in [-0.1, -0.05) is 0 Å². The van der Waals surface area contributed by atoms with Crippen LogP contribution in [0.1, 0.15) is 26.5 Å². The highest BCUT2D eigenvalue weighted by molar-refractivity contribution is 5.62. The van der Waals surface area contributed by atoms with Gasteiger partial charge >= 0.3 is 5.69 Å². The first kappa shape index (κ1) is 16.1. The maximum atomic E-state index is 11.2. The lowest BCUT2D eigenvalue weighted by Gasteiger charge is -2.26. The van der Waals surface area contributed by atoms with E-state index in [4.69, 9.17) is 0 Å². The van der Waals surface area contributed by atoms with E-state index in [1.807, 2.05) is 6.92 Å². The summed E-state index contributed by atoms with van der Waals surface area (Å²) in [4.78, 5) is 20.5. The van der Waals surface area contributed by atoms with Crippen LogP contribution >= 0.6 is 0 Å². The largest absolute Gasteiger partial charge is 0.389 e. The van der Waals surface area contributed by atoms with E-state index in [2.05, 4.69) is 15.3 Å². The molecule has 0 bridgehead atoms. The molecule has 0 aliphatic heterocycles. The second-order valence-electron chi connectivity index (χ2n) is 5.26. The van der Waals surface area contributed by atoms with Crippen molar-refractivity contribution in [3.8, 4) is 0 Å². The maximum absolute atomic E-state index is 11.2. The number of nitrogens with one attached hydrogen (secondary N) is 1. The third kappa shape index (κ3) is 4.02. The Bertz CT molecular complexity index is 499. The van der Waals surface area contributed by atoms with Crippen molar-refractivity contribution in [1.29, 1.82) is 0 Å². The van der Waals surface area contributed by atoms with Crippen molar-refractivity contribution in [2.75, 3.05) is 30.4 Å². The number of anilines is 2. The van der Waals surface area contributed by atoms with E-state index in [-0.39, 0.29) is 18.1 Å². The predicted molar refractivity (Wildman–Crippen MR) is 77.2 cm³/mol. The molecule has 0 saturated carbocycles. The molecule has 0 atom stereocenters. The zero-order valence-electron chi connectivity index (χ0n) is 12.5. The molecule has 0 fully saturated rings. The fourth-order valence-electron chi connectivity index (χ4n) is 1.92. The van der Waals surface area contributed by atoms with Gasteiger partial charge in [-0.25, -0.2) is 4.98 Å². The van der Waals surface area contributed by atoms with Gasteiger partial charge in [-0.2, -0.15) is 4.98 Å². The van der Waals surface area contributed by atoms with Gasteiger partial charge in [-0.05, 0) is 27.7 Å². The van der Waals surface area contributed by atoms with Crippen molar-refractivity contribution in [2.45, 2.75) is 33.3 Å². The lowest BCUT2D eigenvalue weighted by atomic mass is 10.1. The topological polar surface area (TPSA) is 104 Å². The normalized spacial score (nSPS) is 11.3. The van der Waals surface area contributed by atoms with Crippen LogP contribution in [0.5, 0.6) is 0 Å². The van der Waals surface area contributed by atoms with Crippen LogP contribution in [0.15, 0.2) is 0 Å². The summed E-state index contributed by atoms with van der Waals surface area (Å²) in [6.07, 6.45) is 0. The second kappa shape index (κ2) is 6.00. The van der Waals surface area contributed by atoms with Gasteiger partial charge in [0.15, 0.2) is 0 Å². The molecule has 8 nitrogen and oxygen atoms in total. The summed E-state index contributed by atoms with van der Waals surface area (Å²) in [6.45, 7) is 7.56. The van der Waals surface area contributed by atoms with Crippen LogP contribution in [0.3, 0.4) is 0 Å². The SMILES string of the molecule is CCNc1nc(C)c([N+](=O)[O-])c(N(C)CC(C)(C)O)n1. The monoisotopic (exact) mass is 283 g/mol. The van der Waals surface area contributed by atoms with Gasteiger partial charge in [0, 0.05) is 20.1 Å². The van der Waals surface area contributed by atoms with E-state index in [0.717, 1.165) is 0 Å². The van der Waals surface area contributed by atoms with Crippen LogP contribution in [0.25, 0.3) is 0 Å². The minimum Gasteiger partial charge on any atom is -0.389 e. The third-order valence-corrected chi connectivity index (χ3v) is 2.54. The molecule has 0 saturated heterocycles. The number of hydrogen-bond acceptors (Lipinski definition) is 7. The predicted octanol–water partition coefficient (Wildman–Crippen LogP) is 1.33. The Morgan fingerprint density at radius 3 is 2.50 bits per heavy atom. The molecular formula is C12H21N5O3. The van der Waals surface area contributed by atoms with Gasteiger partial charge in [0.2, 0.25) is 11.8 Å². The molecule has 2 N–H and O–H groups in total. The summed E-state index contributed by atoms with van der Waals surface area (Å²) < 4.78 is 0. The Hall–Kier alpha value is -1.96. The Labute approximate surface area is 118 Å². The van der Waals surface area contributed by atoms with E-state index >= 15 is 0 Å². The summed E-state index contributed by atoms with van der Waals surface area (Å²) in [5.74, 6) is 0.536. The number of likely N-dealkylation sites (N-methyl/N-ethyl adjacent to an activating group) is 1. The zero-order valence-corrected chi connectivity index (χ0v) is 12.5. The molecule has 1 heterocycles. The minimum atomic E-state index is -0.986. The third-order valence-electron chi connectivity index (χ3n) is 2.54. The lowest BCUT2D eigenvalue weighted by Crippen LogP contribution is -2.37. The van der Waals surface area contributed by atoms with Gasteiger partial charge in [-0.3, -0.25) is 10.1 Å². The van der Waals surface area contributed by atoms with Gasteiger partial charge in [0.1, 0.15) is 5.69 Å². The van der Waals surface area contributed by atoms with E-state index in [0.29, 0.717) is 18.2 Å². The smallest absolute Gasteiger partial charge is 0.332 e. The van der Waals surface area contributed by atoms with Crippen LogP contribution in [-0.2, 0) is 0 Å². The number of rotatable bonds is 6. The molecule has 8 heteroatoms. The van der Waals surface area contributed by atoms with E-state index in [1.54, 1.807) is 32.7 Å². The molecule has 20 heavy (non-hydrogen) atoms. The van der Waals surface area contributed by atoms with Crippen molar-refractivity contribution in [3.63, 3.8) is 0 Å². The summed E-state index contributed by atoms with van der Waals surface area (Å²) in [6, 6.07) is 0. The fourth-order valence-corrected chi connectivity index (χ4v) is 1.92. The number of aromatic nitrogens is 2. The Morgan fingerprint density at radius 1 is 1.45 bits per heavy atom. The first-order chi connectivity index (χ1) is 9.15. The number of aliphatic hydroxyl groups is 1. The molecule has 0 aliphatic rings. The van der Waals surface area contributed by atoms with Crippen LogP contribution in [0.4, 0.5) is 17.5 Å². The number of aryl methyl sites for hydroxylation is 1. The molecule has 112 valence electrons. The molecule has 0 radical (unpaired) electrons. The molecule has 0 aromatic carbocycles. The Balaban J connectivity index is 3.29. The van der Waals surface area contributed by atoms with Gasteiger partial charge in [0.05, 0.1) is 10.5 Å². The van der Waals surface area contributed by atoms with Gasteiger partial charge in [-0.15, -0.1) is 0 Å². The summed E-state index contributed by atoms with van der Waals surface area (Å²) in [7, 11) is 1.66. The highest BCUT2D eigenvalue weighted by Gasteiger charge is 2.27. The zero-order chi connectivity index (χ0) is 15.5. The highest BCUT2D eigenvalue weighted by Crippen LogP contribution is 2.29. The summed E-state index contributed by atoms with van der Waals surface area (Å²) >= 11 is 0. The quantitative estimate of drug-likeness (QED) is 0.599. The van der Waals surface area contributed by atoms with Gasteiger partial charge < -0.3 is 15.3 Å². The summed E-state index contributed by atoms with van der Waals surface area (Å²) in [5.41, 5.74) is -0.836. The first-order valence-electron chi connectivity index (χ1n) is 6.36. The molecule has 1 rings (SSSR count). The van der Waals surface area contributed by atoms with Gasteiger partial charge in [0.25, 0.3) is 0 Å². The van der Waals surface area contributed by atoms with Crippen LogP contribution in [-0.4, -0.2) is 45.7 Å². The molecule has 0 unspecified atom stereocenters. The van der Waals surface area contributed by atoms with Crippen molar-refractivity contribution in [3.05, 3.63) is 15.8 Å². The average Bonchev–Trinajstić information content (AvgIpc) is 2.25. The number of hydrogen-bond donors (Lipinski definition) is 2. The average molecular weight is 283 g/mol. The van der Waals surface area contributed by atoms with Crippen LogP contribution < -0.4 is 10.2 Å². The van der Waals surface area contributed by atoms with Crippen LogP contribution in [0, 0.1) is 17.0 Å². The molecule has 1 aromatic heterocycles. The highest BCUT2D eigenvalue weighted by atomic mass is 16.6. The second-order valence-corrected chi connectivity index (χ2v) is 5.26. The van der Waals surface area contributed by atoms with Crippen molar-refractivity contribution in [1.82, 2.24) is 9.97 Å². The molecule has 0 spiro atoms. The Kier molecular flexibility index (Phi) is 4.83. The van der Waals surface area contributed by atoms with E-state index < -0.39 is 10.5 Å². The van der Waals surface area contributed by atoms with Crippen LogP contribution in [0.2, 0.25) is 0 Å². The molecule has 0 aliphatic carbocycles. The minimum absolute atomic E-state index is 0.140. The molecule has 0 amide bonds. The van der Waals surface area contributed by atoms with Crippen molar-refractivity contribution >= 4 is 17.5 Å². The Morgan fingerprint density at radius 2 is 2.05 bits per heavy atom.